The lowest BCUT2D eigenvalue weighted by atomic mass is 10.1. The largest absolute Gasteiger partial charge is 0.480 e. The fourth-order valence-corrected chi connectivity index (χ4v) is 2.87. The monoisotopic (exact) mass is 394 g/mol. The third-order valence-electron chi connectivity index (χ3n) is 4.08. The van der Waals surface area contributed by atoms with Gasteiger partial charge < -0.3 is 10.1 Å². The molecule has 1 aromatic carbocycles. The summed E-state index contributed by atoms with van der Waals surface area (Å²) in [5.41, 5.74) is 3.12. The Morgan fingerprint density at radius 2 is 2.00 bits per heavy atom. The molecular weight excluding hydrogens is 380 g/mol. The summed E-state index contributed by atoms with van der Waals surface area (Å²) in [6.45, 7) is 0.189. The van der Waals surface area contributed by atoms with Gasteiger partial charge in [-0.05, 0) is 18.2 Å². The average molecular weight is 395 g/mol. The highest BCUT2D eigenvalue weighted by molar-refractivity contribution is 6.30. The molecule has 1 N–H and O–H groups in total. The molecule has 0 unspecified atom stereocenters. The van der Waals surface area contributed by atoms with Crippen molar-refractivity contribution in [2.75, 3.05) is 7.11 Å². The van der Waals surface area contributed by atoms with Crippen LogP contribution in [0.15, 0.2) is 55.0 Å². The molecule has 0 saturated heterocycles. The molecule has 4 rings (SSSR count). The Hall–Kier alpha value is -3.52. The van der Waals surface area contributed by atoms with Gasteiger partial charge in [-0.3, -0.25) is 9.78 Å². The molecule has 0 bridgehead atoms. The van der Waals surface area contributed by atoms with Crippen molar-refractivity contribution < 1.29 is 9.53 Å². The van der Waals surface area contributed by atoms with Crippen LogP contribution in [-0.2, 0) is 6.54 Å². The Kier molecular flexibility index (Phi) is 4.86. The van der Waals surface area contributed by atoms with Gasteiger partial charge >= 0.3 is 0 Å². The highest BCUT2D eigenvalue weighted by Crippen LogP contribution is 2.26. The number of hydrogen-bond acceptors (Lipinski definition) is 6. The van der Waals surface area contributed by atoms with E-state index < -0.39 is 0 Å². The predicted octanol–water partition coefficient (Wildman–Crippen LogP) is 2.78. The number of nitrogens with one attached hydrogen (secondary N) is 1. The van der Waals surface area contributed by atoms with Gasteiger partial charge in [0.05, 0.1) is 31.2 Å². The molecule has 1 amide bonds. The van der Waals surface area contributed by atoms with Gasteiger partial charge in [-0.2, -0.15) is 0 Å². The van der Waals surface area contributed by atoms with E-state index in [1.807, 2.05) is 12.1 Å². The maximum Gasteiger partial charge on any atom is 0.271 e. The number of nitrogens with zero attached hydrogens (tertiary/aromatic N) is 5. The summed E-state index contributed by atoms with van der Waals surface area (Å²) < 4.78 is 6.87. The lowest BCUT2D eigenvalue weighted by Gasteiger charge is -2.07. The summed E-state index contributed by atoms with van der Waals surface area (Å²) in [6.07, 6.45) is 4.38. The standard InChI is InChI=1S/C19H15ClN6O2/c1-28-17-7-6-16-24-18(12-2-4-13(20)5-3-12)15(26(16)25-17)11-23-19(27)14-10-21-8-9-22-14/h2-10H,11H2,1H3,(H,23,27). The average Bonchev–Trinajstić information content (AvgIpc) is 3.10. The second-order valence-electron chi connectivity index (χ2n) is 5.83. The van der Waals surface area contributed by atoms with Gasteiger partial charge in [0.2, 0.25) is 5.88 Å². The van der Waals surface area contributed by atoms with Gasteiger partial charge in [-0.25, -0.2) is 14.5 Å². The second kappa shape index (κ2) is 7.61. The van der Waals surface area contributed by atoms with Gasteiger partial charge in [0.15, 0.2) is 5.65 Å². The van der Waals surface area contributed by atoms with E-state index in [0.29, 0.717) is 27.9 Å². The van der Waals surface area contributed by atoms with Gasteiger partial charge in [-0.15, -0.1) is 5.10 Å². The fraction of sp³-hybridized carbons (Fsp3) is 0.105. The van der Waals surface area contributed by atoms with E-state index in [1.165, 1.54) is 18.6 Å². The number of benzene rings is 1. The van der Waals surface area contributed by atoms with Crippen molar-refractivity contribution in [3.05, 3.63) is 71.4 Å². The van der Waals surface area contributed by atoms with E-state index in [9.17, 15) is 4.79 Å². The van der Waals surface area contributed by atoms with Crippen molar-refractivity contribution >= 4 is 23.2 Å². The molecular formula is C19H15ClN6O2. The zero-order valence-electron chi connectivity index (χ0n) is 14.8. The molecule has 28 heavy (non-hydrogen) atoms. The van der Waals surface area contributed by atoms with E-state index in [1.54, 1.807) is 35.9 Å². The van der Waals surface area contributed by atoms with Crippen molar-refractivity contribution in [3.8, 4) is 17.1 Å². The number of rotatable bonds is 5. The number of imidazole rings is 1. The van der Waals surface area contributed by atoms with Crippen LogP contribution in [0.2, 0.25) is 5.02 Å². The molecule has 0 aliphatic rings. The van der Waals surface area contributed by atoms with E-state index in [-0.39, 0.29) is 18.1 Å². The van der Waals surface area contributed by atoms with Gasteiger partial charge in [0.1, 0.15) is 5.69 Å². The van der Waals surface area contributed by atoms with Crippen LogP contribution in [0.3, 0.4) is 0 Å². The maximum atomic E-state index is 12.4. The van der Waals surface area contributed by atoms with Crippen molar-refractivity contribution in [2.45, 2.75) is 6.54 Å². The number of carbonyl (C=O) groups excluding carboxylic acids is 1. The Bertz CT molecular complexity index is 1130. The summed E-state index contributed by atoms with van der Waals surface area (Å²) in [5, 5.41) is 7.91. The molecule has 8 nitrogen and oxygen atoms in total. The topological polar surface area (TPSA) is 94.3 Å². The normalized spacial score (nSPS) is 10.8. The first-order chi connectivity index (χ1) is 13.7. The van der Waals surface area contributed by atoms with Crippen LogP contribution in [0.1, 0.15) is 16.2 Å². The molecule has 0 saturated carbocycles. The maximum absolute atomic E-state index is 12.4. The van der Waals surface area contributed by atoms with Crippen LogP contribution >= 0.6 is 11.6 Å². The Balaban J connectivity index is 1.74. The van der Waals surface area contributed by atoms with E-state index >= 15 is 0 Å². The highest BCUT2D eigenvalue weighted by Gasteiger charge is 2.17. The zero-order valence-corrected chi connectivity index (χ0v) is 15.6. The molecule has 0 spiro atoms. The van der Waals surface area contributed by atoms with Crippen molar-refractivity contribution in [2.24, 2.45) is 0 Å². The Morgan fingerprint density at radius 3 is 2.71 bits per heavy atom. The number of hydrogen-bond donors (Lipinski definition) is 1. The number of ether oxygens (including phenoxy) is 1. The fourth-order valence-electron chi connectivity index (χ4n) is 2.74. The first-order valence-electron chi connectivity index (χ1n) is 8.38. The van der Waals surface area contributed by atoms with Gasteiger partial charge in [0.25, 0.3) is 5.91 Å². The molecule has 4 aromatic rings. The molecule has 3 aromatic heterocycles. The summed E-state index contributed by atoms with van der Waals surface area (Å²) >= 11 is 6.00. The second-order valence-corrected chi connectivity index (χ2v) is 6.27. The number of aromatic nitrogens is 5. The van der Waals surface area contributed by atoms with Crippen LogP contribution in [0.4, 0.5) is 0 Å². The molecule has 0 aliphatic carbocycles. The smallest absolute Gasteiger partial charge is 0.271 e. The lowest BCUT2D eigenvalue weighted by molar-refractivity contribution is 0.0945. The van der Waals surface area contributed by atoms with Crippen LogP contribution in [0, 0.1) is 0 Å². The summed E-state index contributed by atoms with van der Waals surface area (Å²) in [7, 11) is 1.54. The molecule has 0 fully saturated rings. The minimum atomic E-state index is -0.340. The molecule has 0 radical (unpaired) electrons. The number of fused-ring (bicyclic) bond motifs is 1. The molecule has 140 valence electrons. The quantitative estimate of drug-likeness (QED) is 0.559. The van der Waals surface area contributed by atoms with Crippen LogP contribution in [-0.4, -0.2) is 37.6 Å². The van der Waals surface area contributed by atoms with E-state index in [0.717, 1.165) is 5.56 Å². The third-order valence-corrected chi connectivity index (χ3v) is 4.34. The van der Waals surface area contributed by atoms with Crippen LogP contribution in [0.25, 0.3) is 16.9 Å². The first-order valence-corrected chi connectivity index (χ1v) is 8.76. The van der Waals surface area contributed by atoms with Gasteiger partial charge in [0, 0.05) is 29.0 Å². The first kappa shape index (κ1) is 17.9. The molecule has 3 heterocycles. The number of carbonyl (C=O) groups is 1. The number of halogens is 1. The summed E-state index contributed by atoms with van der Waals surface area (Å²) in [6, 6.07) is 10.9. The highest BCUT2D eigenvalue weighted by atomic mass is 35.5. The minimum absolute atomic E-state index is 0.189. The van der Waals surface area contributed by atoms with E-state index in [2.05, 4.69) is 25.4 Å². The Labute approximate surface area is 165 Å². The van der Waals surface area contributed by atoms with Gasteiger partial charge in [-0.1, -0.05) is 23.7 Å². The predicted molar refractivity (Wildman–Crippen MR) is 103 cm³/mol. The summed E-state index contributed by atoms with van der Waals surface area (Å²) in [5.74, 6) is 0.0991. The lowest BCUT2D eigenvalue weighted by Crippen LogP contribution is -2.25. The van der Waals surface area contributed by atoms with Crippen molar-refractivity contribution in [1.29, 1.82) is 0 Å². The minimum Gasteiger partial charge on any atom is -0.480 e. The van der Waals surface area contributed by atoms with Crippen molar-refractivity contribution in [1.82, 2.24) is 29.9 Å². The molecule has 0 atom stereocenters. The third kappa shape index (κ3) is 3.49. The summed E-state index contributed by atoms with van der Waals surface area (Å²) in [4.78, 5) is 25.0. The molecule has 9 heteroatoms. The van der Waals surface area contributed by atoms with Crippen LogP contribution < -0.4 is 10.1 Å². The van der Waals surface area contributed by atoms with Crippen molar-refractivity contribution in [3.63, 3.8) is 0 Å². The number of methoxy groups -OCH3 is 1. The Morgan fingerprint density at radius 1 is 1.18 bits per heavy atom. The van der Waals surface area contributed by atoms with E-state index in [4.69, 9.17) is 16.3 Å². The molecule has 0 aliphatic heterocycles. The van der Waals surface area contributed by atoms with Crippen LogP contribution in [0.5, 0.6) is 5.88 Å². The SMILES string of the molecule is COc1ccc2nc(-c3ccc(Cl)cc3)c(CNC(=O)c3cnccn3)n2n1. The number of amides is 1. The zero-order chi connectivity index (χ0) is 19.5.